The number of carboxylic acid groups (broad SMARTS) is 1. The molecule has 30 heavy (non-hydrogen) atoms. The molecule has 0 aliphatic heterocycles. The van der Waals surface area contributed by atoms with E-state index < -0.39 is 18.6 Å². The first-order valence-corrected chi connectivity index (χ1v) is 11.1. The second-order valence-corrected chi connectivity index (χ2v) is 7.23. The normalized spacial score (nSPS) is 11.7. The first-order valence-electron chi connectivity index (χ1n) is 11.1. The van der Waals surface area contributed by atoms with Gasteiger partial charge in [-0.1, -0.05) is 58.3 Å². The number of hydrogen-bond donors (Lipinski definition) is 6. The molecular formula is C21H44N2O7. The average molecular weight is 437 g/mol. The molecule has 0 saturated carbocycles. The van der Waals surface area contributed by atoms with Crippen molar-refractivity contribution in [2.45, 2.75) is 77.2 Å². The van der Waals surface area contributed by atoms with Crippen molar-refractivity contribution >= 4 is 11.9 Å². The predicted octanol–water partition coefficient (Wildman–Crippen LogP) is 0.734. The van der Waals surface area contributed by atoms with E-state index in [0.717, 1.165) is 19.3 Å². The Morgan fingerprint density at radius 3 is 1.57 bits per heavy atom. The highest BCUT2D eigenvalue weighted by atomic mass is 16.4. The van der Waals surface area contributed by atoms with Gasteiger partial charge in [-0.2, -0.15) is 0 Å². The minimum atomic E-state index is -1.20. The fraction of sp³-hybridized carbons (Fsp3) is 0.905. The highest BCUT2D eigenvalue weighted by Gasteiger charge is 2.17. The van der Waals surface area contributed by atoms with Gasteiger partial charge >= 0.3 is 5.97 Å². The van der Waals surface area contributed by atoms with E-state index in [9.17, 15) is 9.59 Å². The summed E-state index contributed by atoms with van der Waals surface area (Å²) in [5.41, 5.74) is 0. The lowest BCUT2D eigenvalue weighted by molar-refractivity contribution is -0.142. The molecule has 9 heteroatoms. The Balaban J connectivity index is 0. The average Bonchev–Trinajstić information content (AvgIpc) is 2.71. The van der Waals surface area contributed by atoms with Gasteiger partial charge in [0, 0.05) is 26.1 Å². The summed E-state index contributed by atoms with van der Waals surface area (Å²) >= 11 is 0. The summed E-state index contributed by atoms with van der Waals surface area (Å²) < 4.78 is 0. The van der Waals surface area contributed by atoms with E-state index in [1.807, 2.05) is 0 Å². The molecule has 0 aliphatic carbocycles. The zero-order valence-electron chi connectivity index (χ0n) is 18.6. The monoisotopic (exact) mass is 436 g/mol. The predicted molar refractivity (Wildman–Crippen MR) is 116 cm³/mol. The summed E-state index contributed by atoms with van der Waals surface area (Å²) in [4.78, 5) is 23.8. The molecule has 0 aromatic heterocycles. The molecule has 0 radical (unpaired) electrons. The molecule has 0 aromatic carbocycles. The Hall–Kier alpha value is -1.26. The quantitative estimate of drug-likeness (QED) is 0.162. The number of hydrogen-bond acceptors (Lipinski definition) is 7. The van der Waals surface area contributed by atoms with E-state index >= 15 is 0 Å². The largest absolute Gasteiger partial charge is 0.480 e. The maximum atomic E-state index is 11.4. The van der Waals surface area contributed by atoms with Gasteiger partial charge < -0.3 is 30.8 Å². The van der Waals surface area contributed by atoms with Crippen LogP contribution in [0.1, 0.15) is 71.1 Å². The van der Waals surface area contributed by atoms with E-state index in [0.29, 0.717) is 26.1 Å². The Morgan fingerprint density at radius 1 is 0.767 bits per heavy atom. The van der Waals surface area contributed by atoms with Gasteiger partial charge in [-0.05, 0) is 6.42 Å². The van der Waals surface area contributed by atoms with Crippen molar-refractivity contribution in [2.24, 2.45) is 0 Å². The molecule has 1 atom stereocenters. The first kappa shape index (κ1) is 30.9. The van der Waals surface area contributed by atoms with E-state index in [-0.39, 0.29) is 25.7 Å². The molecular weight excluding hydrogens is 392 g/mol. The van der Waals surface area contributed by atoms with Crippen LogP contribution in [0.3, 0.4) is 0 Å². The zero-order chi connectivity index (χ0) is 23.0. The lowest BCUT2D eigenvalue weighted by atomic mass is 10.1. The van der Waals surface area contributed by atoms with Crippen molar-refractivity contribution in [3.05, 3.63) is 0 Å². The zero-order valence-corrected chi connectivity index (χ0v) is 18.6. The minimum absolute atomic E-state index is 0.0694. The molecule has 0 bridgehead atoms. The van der Waals surface area contributed by atoms with Gasteiger partial charge in [0.2, 0.25) is 5.91 Å². The van der Waals surface area contributed by atoms with Crippen LogP contribution in [0.5, 0.6) is 0 Å². The van der Waals surface area contributed by atoms with Crippen molar-refractivity contribution in [1.82, 2.24) is 10.2 Å². The first-order chi connectivity index (χ1) is 14.5. The second-order valence-electron chi connectivity index (χ2n) is 7.23. The van der Waals surface area contributed by atoms with Gasteiger partial charge in [0.25, 0.3) is 0 Å². The highest BCUT2D eigenvalue weighted by molar-refractivity contribution is 5.83. The number of aliphatic carboxylic acids is 1. The summed E-state index contributed by atoms with van der Waals surface area (Å²) in [6.07, 6.45) is 10.9. The van der Waals surface area contributed by atoms with Crippen LogP contribution in [-0.2, 0) is 9.59 Å². The third kappa shape index (κ3) is 21.4. The number of rotatable bonds is 19. The third-order valence-electron chi connectivity index (χ3n) is 4.57. The van der Waals surface area contributed by atoms with Crippen molar-refractivity contribution < 1.29 is 35.1 Å². The Labute approximate surface area is 181 Å². The van der Waals surface area contributed by atoms with Gasteiger partial charge in [0.15, 0.2) is 0 Å². The number of carboxylic acids is 1. The maximum absolute atomic E-state index is 11.4. The van der Waals surface area contributed by atoms with Gasteiger partial charge in [-0.25, -0.2) is 4.79 Å². The van der Waals surface area contributed by atoms with Crippen molar-refractivity contribution in [3.8, 4) is 0 Å². The minimum Gasteiger partial charge on any atom is -0.480 e. The summed E-state index contributed by atoms with van der Waals surface area (Å²) in [5, 5.41) is 45.2. The van der Waals surface area contributed by atoms with Crippen LogP contribution in [0, 0.1) is 0 Å². The summed E-state index contributed by atoms with van der Waals surface area (Å²) in [5.74, 6) is -1.50. The van der Waals surface area contributed by atoms with E-state index in [1.54, 1.807) is 4.90 Å². The third-order valence-corrected chi connectivity index (χ3v) is 4.57. The molecule has 9 nitrogen and oxygen atoms in total. The molecule has 1 amide bonds. The Kier molecular flexibility index (Phi) is 24.8. The lowest BCUT2D eigenvalue weighted by Gasteiger charge is -2.17. The topological polar surface area (TPSA) is 151 Å². The molecule has 0 aliphatic rings. The van der Waals surface area contributed by atoms with Crippen molar-refractivity contribution in [3.63, 3.8) is 0 Å². The number of amides is 1. The van der Waals surface area contributed by atoms with Gasteiger partial charge in [0.1, 0.15) is 6.04 Å². The Bertz CT molecular complexity index is 383. The van der Waals surface area contributed by atoms with Crippen LogP contribution >= 0.6 is 0 Å². The molecule has 0 spiro atoms. The number of aliphatic hydroxyl groups excluding tert-OH is 4. The Morgan fingerprint density at radius 2 is 1.20 bits per heavy atom. The van der Waals surface area contributed by atoms with Crippen molar-refractivity contribution in [1.29, 1.82) is 0 Å². The van der Waals surface area contributed by atoms with Crippen LogP contribution in [0.4, 0.5) is 0 Å². The number of unbranched alkanes of at least 4 members (excludes halogenated alkanes) is 8. The second kappa shape index (κ2) is 24.0. The van der Waals surface area contributed by atoms with Crippen LogP contribution in [0.25, 0.3) is 0 Å². The molecule has 0 heterocycles. The van der Waals surface area contributed by atoms with Gasteiger partial charge in [0.05, 0.1) is 26.4 Å². The fourth-order valence-corrected chi connectivity index (χ4v) is 2.81. The van der Waals surface area contributed by atoms with Crippen molar-refractivity contribution in [2.75, 3.05) is 46.1 Å². The fourth-order valence-electron chi connectivity index (χ4n) is 2.81. The highest BCUT2D eigenvalue weighted by Crippen LogP contribution is 2.10. The smallest absolute Gasteiger partial charge is 0.328 e. The molecule has 180 valence electrons. The molecule has 0 rings (SSSR count). The SMILES string of the molecule is CCCCCCCCCCCC(=O)N[C@@H](CO)C(=O)O.OCCN(CCO)CCO. The molecule has 0 saturated heterocycles. The maximum Gasteiger partial charge on any atom is 0.328 e. The van der Waals surface area contributed by atoms with E-state index in [4.69, 9.17) is 25.5 Å². The number of nitrogens with zero attached hydrogens (tertiary/aromatic N) is 1. The summed E-state index contributed by atoms with van der Waals surface area (Å²) in [7, 11) is 0. The summed E-state index contributed by atoms with van der Waals surface area (Å²) in [6, 6.07) is -1.18. The number of carbonyl (C=O) groups excluding carboxylic acids is 1. The lowest BCUT2D eigenvalue weighted by Crippen LogP contribution is -2.43. The number of aliphatic hydroxyl groups is 4. The standard InChI is InChI=1S/C15H29NO4.C6H15NO3/c1-2-3-4-5-6-7-8-9-10-11-14(18)16-13(12-17)15(19)20;8-4-1-7(2-5-9)3-6-10/h13,17H,2-12H2,1H3,(H,16,18)(H,19,20);8-10H,1-6H2/t13-;/m0./s1. The van der Waals surface area contributed by atoms with Crippen LogP contribution in [0.2, 0.25) is 0 Å². The van der Waals surface area contributed by atoms with Crippen LogP contribution < -0.4 is 5.32 Å². The van der Waals surface area contributed by atoms with Gasteiger partial charge in [-0.3, -0.25) is 9.69 Å². The van der Waals surface area contributed by atoms with E-state index in [2.05, 4.69) is 12.2 Å². The van der Waals surface area contributed by atoms with Crippen LogP contribution in [0.15, 0.2) is 0 Å². The molecule has 0 fully saturated rings. The summed E-state index contributed by atoms with van der Waals surface area (Å²) in [6.45, 7) is 3.39. The molecule has 0 aromatic rings. The molecule has 6 N–H and O–H groups in total. The number of nitrogens with one attached hydrogen (secondary N) is 1. The van der Waals surface area contributed by atoms with Crippen LogP contribution in [-0.4, -0.2) is 94.4 Å². The van der Waals surface area contributed by atoms with E-state index in [1.165, 1.54) is 38.5 Å². The van der Waals surface area contributed by atoms with Gasteiger partial charge in [-0.15, -0.1) is 0 Å². The molecule has 0 unspecified atom stereocenters. The number of carbonyl (C=O) groups is 2.